The van der Waals surface area contributed by atoms with E-state index in [-0.39, 0.29) is 11.9 Å². The third-order valence-corrected chi connectivity index (χ3v) is 3.31. The van der Waals surface area contributed by atoms with E-state index in [1.54, 1.807) is 0 Å². The summed E-state index contributed by atoms with van der Waals surface area (Å²) < 4.78 is 5.10. The Hall–Kier alpha value is -1.36. The van der Waals surface area contributed by atoms with E-state index in [2.05, 4.69) is 15.8 Å². The molecule has 0 bridgehead atoms. The zero-order chi connectivity index (χ0) is 13.1. The molecule has 1 amide bonds. The fourth-order valence-electron chi connectivity index (χ4n) is 2.18. The maximum absolute atomic E-state index is 11.7. The Kier molecular flexibility index (Phi) is 4.01. The normalized spacial score (nSPS) is 16.6. The number of aryl methyl sites for hydroxylation is 2. The minimum absolute atomic E-state index is 0.0168. The predicted octanol–water partition coefficient (Wildman–Crippen LogP) is 1.47. The van der Waals surface area contributed by atoms with Crippen LogP contribution in [0.3, 0.4) is 0 Å². The summed E-state index contributed by atoms with van der Waals surface area (Å²) in [7, 11) is 0. The fourth-order valence-corrected chi connectivity index (χ4v) is 2.18. The number of nitrogens with one attached hydrogen (secondary N) is 2. The van der Waals surface area contributed by atoms with Crippen LogP contribution in [0.25, 0.3) is 0 Å². The van der Waals surface area contributed by atoms with Crippen LogP contribution in [0.4, 0.5) is 0 Å². The molecule has 1 fully saturated rings. The third kappa shape index (κ3) is 3.32. The second-order valence-corrected chi connectivity index (χ2v) is 5.10. The number of hydrogen-bond donors (Lipinski definition) is 2. The largest absolute Gasteiger partial charge is 0.361 e. The second-order valence-electron chi connectivity index (χ2n) is 5.10. The van der Waals surface area contributed by atoms with E-state index >= 15 is 0 Å². The van der Waals surface area contributed by atoms with Gasteiger partial charge in [-0.2, -0.15) is 0 Å². The van der Waals surface area contributed by atoms with Gasteiger partial charge in [0, 0.05) is 5.56 Å². The van der Waals surface area contributed by atoms with Gasteiger partial charge in [-0.1, -0.05) is 5.16 Å². The highest BCUT2D eigenvalue weighted by Gasteiger charge is 2.21. The molecule has 100 valence electrons. The Bertz CT molecular complexity index is 404. The molecule has 1 unspecified atom stereocenters. The molecule has 0 aliphatic heterocycles. The molecule has 2 rings (SSSR count). The number of aromatic nitrogens is 1. The Balaban J connectivity index is 1.78. The maximum atomic E-state index is 11.7. The van der Waals surface area contributed by atoms with E-state index in [1.165, 1.54) is 12.8 Å². The Morgan fingerprint density at radius 1 is 1.50 bits per heavy atom. The number of rotatable bonds is 6. The SMILES string of the molecule is Cc1noc(C)c1C(C)NC(=O)CNCC1CC1. The Morgan fingerprint density at radius 2 is 2.22 bits per heavy atom. The summed E-state index contributed by atoms with van der Waals surface area (Å²) in [5, 5.41) is 10.0. The maximum Gasteiger partial charge on any atom is 0.234 e. The highest BCUT2D eigenvalue weighted by Crippen LogP contribution is 2.27. The number of nitrogens with zero attached hydrogens (tertiary/aromatic N) is 1. The van der Waals surface area contributed by atoms with Gasteiger partial charge >= 0.3 is 0 Å². The van der Waals surface area contributed by atoms with Crippen LogP contribution in [0.5, 0.6) is 0 Å². The number of hydrogen-bond acceptors (Lipinski definition) is 4. The molecule has 1 atom stereocenters. The lowest BCUT2D eigenvalue weighted by atomic mass is 10.1. The topological polar surface area (TPSA) is 67.2 Å². The van der Waals surface area contributed by atoms with Crippen LogP contribution in [0.15, 0.2) is 4.52 Å². The van der Waals surface area contributed by atoms with Crippen molar-refractivity contribution in [3.8, 4) is 0 Å². The molecule has 1 aliphatic rings. The van der Waals surface area contributed by atoms with Gasteiger partial charge in [0.1, 0.15) is 5.76 Å². The lowest BCUT2D eigenvalue weighted by molar-refractivity contribution is -0.120. The molecule has 0 radical (unpaired) electrons. The first-order valence-electron chi connectivity index (χ1n) is 6.50. The summed E-state index contributed by atoms with van der Waals surface area (Å²) in [6, 6.07) is -0.0634. The molecule has 1 aromatic heterocycles. The average molecular weight is 251 g/mol. The van der Waals surface area contributed by atoms with E-state index < -0.39 is 0 Å². The molecule has 1 saturated carbocycles. The first-order chi connectivity index (χ1) is 8.58. The molecule has 1 heterocycles. The highest BCUT2D eigenvalue weighted by molar-refractivity contribution is 5.78. The minimum Gasteiger partial charge on any atom is -0.361 e. The Labute approximate surface area is 107 Å². The summed E-state index contributed by atoms with van der Waals surface area (Å²) in [6.45, 7) is 7.03. The zero-order valence-corrected chi connectivity index (χ0v) is 11.2. The quantitative estimate of drug-likeness (QED) is 0.803. The van der Waals surface area contributed by atoms with Crippen molar-refractivity contribution in [1.82, 2.24) is 15.8 Å². The molecule has 1 aliphatic carbocycles. The molecule has 0 spiro atoms. The molecule has 1 aromatic rings. The van der Waals surface area contributed by atoms with E-state index in [0.29, 0.717) is 6.54 Å². The molecular formula is C13H21N3O2. The summed E-state index contributed by atoms with van der Waals surface area (Å²) in [4.78, 5) is 11.7. The van der Waals surface area contributed by atoms with Gasteiger partial charge in [0.05, 0.1) is 18.3 Å². The van der Waals surface area contributed by atoms with Gasteiger partial charge in [0.15, 0.2) is 0 Å². The van der Waals surface area contributed by atoms with Crippen molar-refractivity contribution in [2.75, 3.05) is 13.1 Å². The van der Waals surface area contributed by atoms with Crippen LogP contribution in [0, 0.1) is 19.8 Å². The van der Waals surface area contributed by atoms with Gasteiger partial charge in [0.2, 0.25) is 5.91 Å². The predicted molar refractivity (Wildman–Crippen MR) is 68.1 cm³/mol. The van der Waals surface area contributed by atoms with Crippen LogP contribution in [0.1, 0.15) is 42.8 Å². The first-order valence-corrected chi connectivity index (χ1v) is 6.50. The molecule has 5 nitrogen and oxygen atoms in total. The van der Waals surface area contributed by atoms with Gasteiger partial charge < -0.3 is 15.2 Å². The zero-order valence-electron chi connectivity index (χ0n) is 11.2. The third-order valence-electron chi connectivity index (χ3n) is 3.31. The second kappa shape index (κ2) is 5.52. The van der Waals surface area contributed by atoms with E-state index in [9.17, 15) is 4.79 Å². The average Bonchev–Trinajstić information content (AvgIpc) is 3.04. The summed E-state index contributed by atoms with van der Waals surface area (Å²) in [6.07, 6.45) is 2.59. The van der Waals surface area contributed by atoms with Crippen LogP contribution in [-0.4, -0.2) is 24.2 Å². The highest BCUT2D eigenvalue weighted by atomic mass is 16.5. The number of amides is 1. The van der Waals surface area contributed by atoms with Crippen molar-refractivity contribution in [2.24, 2.45) is 5.92 Å². The van der Waals surface area contributed by atoms with Crippen molar-refractivity contribution < 1.29 is 9.32 Å². The molecule has 0 aromatic carbocycles. The van der Waals surface area contributed by atoms with Crippen LogP contribution in [-0.2, 0) is 4.79 Å². The van der Waals surface area contributed by atoms with Gasteiger partial charge in [-0.3, -0.25) is 4.79 Å². The van der Waals surface area contributed by atoms with Gasteiger partial charge in [0.25, 0.3) is 0 Å². The van der Waals surface area contributed by atoms with Gasteiger partial charge in [-0.25, -0.2) is 0 Å². The summed E-state index contributed by atoms with van der Waals surface area (Å²) in [5.74, 6) is 1.58. The molecule has 2 N–H and O–H groups in total. The first kappa shape index (κ1) is 13.1. The van der Waals surface area contributed by atoms with Crippen molar-refractivity contribution in [3.63, 3.8) is 0 Å². The number of carbonyl (C=O) groups is 1. The van der Waals surface area contributed by atoms with Crippen molar-refractivity contribution in [1.29, 1.82) is 0 Å². The van der Waals surface area contributed by atoms with Crippen molar-refractivity contribution in [3.05, 3.63) is 17.0 Å². The molecule has 0 saturated heterocycles. The van der Waals surface area contributed by atoms with Crippen molar-refractivity contribution >= 4 is 5.91 Å². The monoisotopic (exact) mass is 251 g/mol. The molecule has 18 heavy (non-hydrogen) atoms. The molecular weight excluding hydrogens is 230 g/mol. The van der Waals surface area contributed by atoms with E-state index in [1.807, 2.05) is 20.8 Å². The standard InChI is InChI=1S/C13H21N3O2/c1-8(13-9(2)16-18-10(13)3)15-12(17)7-14-6-11-4-5-11/h8,11,14H,4-7H2,1-3H3,(H,15,17). The summed E-state index contributed by atoms with van der Waals surface area (Å²) in [5.41, 5.74) is 1.82. The van der Waals surface area contributed by atoms with E-state index in [0.717, 1.165) is 29.5 Å². The lowest BCUT2D eigenvalue weighted by Crippen LogP contribution is -2.36. The van der Waals surface area contributed by atoms with Crippen LogP contribution in [0.2, 0.25) is 0 Å². The van der Waals surface area contributed by atoms with Gasteiger partial charge in [-0.15, -0.1) is 0 Å². The van der Waals surface area contributed by atoms with Crippen LogP contribution >= 0.6 is 0 Å². The molecule has 5 heteroatoms. The Morgan fingerprint density at radius 3 is 2.78 bits per heavy atom. The smallest absolute Gasteiger partial charge is 0.234 e. The van der Waals surface area contributed by atoms with Gasteiger partial charge in [-0.05, 0) is 46.1 Å². The van der Waals surface area contributed by atoms with Crippen LogP contribution < -0.4 is 10.6 Å². The van der Waals surface area contributed by atoms with E-state index in [4.69, 9.17) is 4.52 Å². The summed E-state index contributed by atoms with van der Waals surface area (Å²) >= 11 is 0. The minimum atomic E-state index is -0.0634. The lowest BCUT2D eigenvalue weighted by Gasteiger charge is -2.14. The number of carbonyl (C=O) groups excluding carboxylic acids is 1. The van der Waals surface area contributed by atoms with Crippen molar-refractivity contribution in [2.45, 2.75) is 39.7 Å². The fraction of sp³-hybridized carbons (Fsp3) is 0.692.